The molecule has 0 bridgehead atoms. The molecule has 27 heavy (non-hydrogen) atoms. The van der Waals surface area contributed by atoms with Crippen LogP contribution in [-0.2, 0) is 0 Å². The van der Waals surface area contributed by atoms with Crippen LogP contribution in [0.3, 0.4) is 0 Å². The smallest absolute Gasteiger partial charge is 0.291 e. The molecule has 1 fully saturated rings. The summed E-state index contributed by atoms with van der Waals surface area (Å²) in [5, 5.41) is 3.92. The highest BCUT2D eigenvalue weighted by atomic mass is 32.1. The number of piperidine rings is 1. The van der Waals surface area contributed by atoms with E-state index in [2.05, 4.69) is 34.3 Å². The van der Waals surface area contributed by atoms with E-state index in [1.807, 2.05) is 18.3 Å². The second kappa shape index (κ2) is 8.06. The van der Waals surface area contributed by atoms with E-state index < -0.39 is 0 Å². The number of pyridine rings is 1. The number of nitrogens with zero attached hydrogens (tertiary/aromatic N) is 2. The lowest BCUT2D eigenvalue weighted by atomic mass is 9.99. The fourth-order valence-electron chi connectivity index (χ4n) is 3.66. The summed E-state index contributed by atoms with van der Waals surface area (Å²) in [7, 11) is 0. The van der Waals surface area contributed by atoms with Gasteiger partial charge in [-0.2, -0.15) is 0 Å². The molecule has 0 radical (unpaired) electrons. The van der Waals surface area contributed by atoms with Crippen LogP contribution in [0.25, 0.3) is 0 Å². The molecule has 1 atom stereocenters. The maximum Gasteiger partial charge on any atom is 0.291 e. The second-order valence-electron chi connectivity index (χ2n) is 6.83. The quantitative estimate of drug-likeness (QED) is 0.685. The summed E-state index contributed by atoms with van der Waals surface area (Å²) >= 11 is 1.60. The number of thiophene rings is 1. The van der Waals surface area contributed by atoms with Crippen LogP contribution in [0.1, 0.15) is 52.0 Å². The Hall–Kier alpha value is -2.44. The molecule has 0 saturated carbocycles. The predicted octanol–water partition coefficient (Wildman–Crippen LogP) is 4.87. The van der Waals surface area contributed by atoms with Crippen molar-refractivity contribution in [3.8, 4) is 0 Å². The van der Waals surface area contributed by atoms with Crippen molar-refractivity contribution >= 4 is 22.2 Å². The van der Waals surface area contributed by atoms with Crippen molar-refractivity contribution in [2.24, 2.45) is 0 Å². The number of likely N-dealkylation sites (tertiary alicyclic amines) is 1. The minimum absolute atomic E-state index is 0.0448. The number of nitrogens with one attached hydrogen (secondary N) is 1. The second-order valence-corrected chi connectivity index (χ2v) is 8.08. The van der Waals surface area contributed by atoms with E-state index in [9.17, 15) is 4.79 Å². The molecule has 140 valence electrons. The van der Waals surface area contributed by atoms with Crippen molar-refractivity contribution in [1.29, 1.82) is 0 Å². The van der Waals surface area contributed by atoms with Gasteiger partial charge in [0.25, 0.3) is 5.91 Å². The molecule has 0 aliphatic carbocycles. The molecule has 3 aromatic rings. The maximum atomic E-state index is 12.5. The van der Waals surface area contributed by atoms with Crippen molar-refractivity contribution in [1.82, 2.24) is 9.88 Å². The summed E-state index contributed by atoms with van der Waals surface area (Å²) in [5.74, 6) is 0.0980. The number of aromatic nitrogens is 1. The van der Waals surface area contributed by atoms with Gasteiger partial charge in [-0.25, -0.2) is 0 Å². The van der Waals surface area contributed by atoms with Crippen molar-refractivity contribution in [3.05, 3.63) is 70.8 Å². The molecule has 0 spiro atoms. The largest absolute Gasteiger partial charge is 0.459 e. The van der Waals surface area contributed by atoms with Crippen molar-refractivity contribution < 1.29 is 9.21 Å². The molecule has 1 N–H and O–H groups in total. The molecule has 4 rings (SSSR count). The van der Waals surface area contributed by atoms with Crippen molar-refractivity contribution in [2.45, 2.75) is 32.2 Å². The van der Waals surface area contributed by atoms with Crippen LogP contribution in [0, 0.1) is 6.92 Å². The molecule has 0 aromatic carbocycles. The summed E-state index contributed by atoms with van der Waals surface area (Å²) in [5.41, 5.74) is 2.13. The average Bonchev–Trinajstić information content (AvgIpc) is 3.34. The fraction of sp³-hybridized carbons (Fsp3) is 0.333. The molecule has 5 nitrogen and oxygen atoms in total. The van der Waals surface area contributed by atoms with Crippen LogP contribution in [0.15, 0.2) is 53.3 Å². The number of carbonyl (C=O) groups is 1. The number of carbonyl (C=O) groups excluding carboxylic acids is 1. The molecular weight excluding hydrogens is 358 g/mol. The molecule has 3 aromatic heterocycles. The summed E-state index contributed by atoms with van der Waals surface area (Å²) in [4.78, 5) is 20.8. The van der Waals surface area contributed by atoms with Gasteiger partial charge in [0.05, 0.1) is 18.0 Å². The first kappa shape index (κ1) is 17.9. The topological polar surface area (TPSA) is 58.4 Å². The van der Waals surface area contributed by atoms with Crippen LogP contribution >= 0.6 is 11.3 Å². The average molecular weight is 382 g/mol. The Morgan fingerprint density at radius 1 is 1.22 bits per heavy atom. The third kappa shape index (κ3) is 3.96. The number of anilines is 1. The Morgan fingerprint density at radius 3 is 2.78 bits per heavy atom. The van der Waals surface area contributed by atoms with Gasteiger partial charge < -0.3 is 9.73 Å². The Kier molecular flexibility index (Phi) is 5.36. The number of hydrogen-bond acceptors (Lipinski definition) is 5. The van der Waals surface area contributed by atoms with Crippen LogP contribution in [0.2, 0.25) is 0 Å². The Bertz CT molecular complexity index is 884. The first-order chi connectivity index (χ1) is 13.2. The predicted molar refractivity (Wildman–Crippen MR) is 107 cm³/mol. The number of furan rings is 1. The van der Waals surface area contributed by atoms with E-state index in [0.717, 1.165) is 34.2 Å². The third-order valence-corrected chi connectivity index (χ3v) is 5.86. The van der Waals surface area contributed by atoms with E-state index in [0.29, 0.717) is 5.76 Å². The van der Waals surface area contributed by atoms with E-state index in [4.69, 9.17) is 4.42 Å². The SMILES string of the molecule is Cc1cc([C@H](c2ccccn2)N2CCCCC2)c(NC(=O)c2ccco2)s1. The lowest BCUT2D eigenvalue weighted by Crippen LogP contribution is -2.35. The van der Waals surface area contributed by atoms with Gasteiger partial charge in [-0.3, -0.25) is 14.7 Å². The highest BCUT2D eigenvalue weighted by Gasteiger charge is 2.29. The fourth-order valence-corrected chi connectivity index (χ4v) is 4.60. The number of aryl methyl sites for hydroxylation is 1. The lowest BCUT2D eigenvalue weighted by Gasteiger charge is -2.34. The summed E-state index contributed by atoms with van der Waals surface area (Å²) in [6.07, 6.45) is 7.02. The molecule has 6 heteroatoms. The van der Waals surface area contributed by atoms with Gasteiger partial charge in [-0.15, -0.1) is 11.3 Å². The van der Waals surface area contributed by atoms with E-state index in [-0.39, 0.29) is 11.9 Å². The molecular formula is C21H23N3O2S. The third-order valence-electron chi connectivity index (χ3n) is 4.87. The van der Waals surface area contributed by atoms with Gasteiger partial charge in [0.2, 0.25) is 0 Å². The van der Waals surface area contributed by atoms with Gasteiger partial charge in [-0.1, -0.05) is 12.5 Å². The van der Waals surface area contributed by atoms with E-state index in [1.54, 1.807) is 23.5 Å². The van der Waals surface area contributed by atoms with Gasteiger partial charge in [0.1, 0.15) is 5.00 Å². The normalized spacial score (nSPS) is 16.2. The van der Waals surface area contributed by atoms with Crippen molar-refractivity contribution in [2.75, 3.05) is 18.4 Å². The highest BCUT2D eigenvalue weighted by Crippen LogP contribution is 2.39. The van der Waals surface area contributed by atoms with Gasteiger partial charge in [0.15, 0.2) is 5.76 Å². The zero-order valence-electron chi connectivity index (χ0n) is 15.4. The van der Waals surface area contributed by atoms with Crippen LogP contribution in [-0.4, -0.2) is 28.9 Å². The Labute approximate surface area is 163 Å². The number of hydrogen-bond donors (Lipinski definition) is 1. The molecule has 1 aliphatic rings. The Morgan fingerprint density at radius 2 is 2.07 bits per heavy atom. The van der Waals surface area contributed by atoms with Gasteiger partial charge in [0, 0.05) is 16.6 Å². The maximum absolute atomic E-state index is 12.5. The zero-order valence-corrected chi connectivity index (χ0v) is 16.2. The molecule has 1 amide bonds. The van der Waals surface area contributed by atoms with Crippen LogP contribution in [0.5, 0.6) is 0 Å². The summed E-state index contributed by atoms with van der Waals surface area (Å²) < 4.78 is 5.25. The van der Waals surface area contributed by atoms with Crippen LogP contribution < -0.4 is 5.32 Å². The van der Waals surface area contributed by atoms with Crippen LogP contribution in [0.4, 0.5) is 5.00 Å². The first-order valence-corrected chi connectivity index (χ1v) is 10.1. The molecule has 0 unspecified atom stereocenters. The molecule has 4 heterocycles. The Balaban J connectivity index is 1.70. The first-order valence-electron chi connectivity index (χ1n) is 9.32. The lowest BCUT2D eigenvalue weighted by molar-refractivity contribution is 0.0996. The minimum atomic E-state index is -0.221. The van der Waals surface area contributed by atoms with Crippen molar-refractivity contribution in [3.63, 3.8) is 0 Å². The molecule has 1 aliphatic heterocycles. The minimum Gasteiger partial charge on any atom is -0.459 e. The van der Waals surface area contributed by atoms with E-state index in [1.165, 1.54) is 25.5 Å². The molecule has 1 saturated heterocycles. The monoisotopic (exact) mass is 381 g/mol. The standard InChI is InChI=1S/C21H23N3O2S/c1-15-14-16(21(27-15)23-20(25)18-9-7-13-26-18)19(17-8-3-4-10-22-17)24-11-5-2-6-12-24/h3-4,7-10,13-14,19H,2,5-6,11-12H2,1H3,(H,23,25)/t19-/m1/s1. The highest BCUT2D eigenvalue weighted by molar-refractivity contribution is 7.16. The van der Waals surface area contributed by atoms with E-state index >= 15 is 0 Å². The number of rotatable bonds is 5. The summed E-state index contributed by atoms with van der Waals surface area (Å²) in [6.45, 7) is 4.16. The van der Waals surface area contributed by atoms with Gasteiger partial charge >= 0.3 is 0 Å². The number of amides is 1. The summed E-state index contributed by atoms with van der Waals surface area (Å²) in [6, 6.07) is 11.7. The zero-order chi connectivity index (χ0) is 18.6. The van der Waals surface area contributed by atoms with Gasteiger partial charge in [-0.05, 0) is 63.2 Å².